The summed E-state index contributed by atoms with van der Waals surface area (Å²) < 4.78 is 0. The van der Waals surface area contributed by atoms with E-state index in [4.69, 9.17) is 0 Å². The first-order chi connectivity index (χ1) is 15.7. The molecule has 5 rings (SSSR count). The summed E-state index contributed by atoms with van der Waals surface area (Å²) in [5.41, 5.74) is 1.00. The molecule has 0 saturated heterocycles. The Morgan fingerprint density at radius 1 is 0.824 bits per heavy atom. The van der Waals surface area contributed by atoms with Crippen molar-refractivity contribution in [3.8, 4) is 0 Å². The van der Waals surface area contributed by atoms with E-state index in [0.717, 1.165) is 24.7 Å². The Bertz CT molecular complexity index is 806. The van der Waals surface area contributed by atoms with Gasteiger partial charge in [0.15, 0.2) is 0 Å². The molecular weight excluding hydrogens is 420 g/mol. The molecule has 3 nitrogen and oxygen atoms in total. The SMILES string of the molecule is CC(C)[C@@](O)(CO)CC[C@@H](C)[C@H]1CC[C@@]2(C)[C@@H]3CC[C@H]4C(C)(C)[C@@H](O)CC[C@@]45C[C@@]35CC[C@]12C. The van der Waals surface area contributed by atoms with Crippen LogP contribution in [0.2, 0.25) is 0 Å². The first-order valence-corrected chi connectivity index (χ1v) is 14.8. The van der Waals surface area contributed by atoms with Crippen molar-refractivity contribution in [2.24, 2.45) is 56.7 Å². The first-order valence-electron chi connectivity index (χ1n) is 14.8. The van der Waals surface area contributed by atoms with Gasteiger partial charge in [-0.05, 0) is 127 Å². The zero-order valence-corrected chi connectivity index (χ0v) is 23.3. The summed E-state index contributed by atoms with van der Waals surface area (Å²) in [7, 11) is 0. The molecule has 0 aromatic heterocycles. The molecule has 0 unspecified atom stereocenters. The van der Waals surface area contributed by atoms with Gasteiger partial charge in [-0.1, -0.05) is 48.5 Å². The average Bonchev–Trinajstić information content (AvgIpc) is 3.37. The lowest BCUT2D eigenvalue weighted by atomic mass is 9.41. The van der Waals surface area contributed by atoms with Crippen molar-refractivity contribution in [3.63, 3.8) is 0 Å². The Morgan fingerprint density at radius 2 is 1.47 bits per heavy atom. The van der Waals surface area contributed by atoms with Crippen molar-refractivity contribution in [1.82, 2.24) is 0 Å². The molecule has 0 aromatic rings. The second-order valence-corrected chi connectivity index (χ2v) is 15.5. The molecular formula is C31H54O3. The Balaban J connectivity index is 1.37. The smallest absolute Gasteiger partial charge is 0.0900 e. The molecule has 2 spiro atoms. The second-order valence-electron chi connectivity index (χ2n) is 15.5. The van der Waals surface area contributed by atoms with Crippen LogP contribution >= 0.6 is 0 Å². The zero-order valence-electron chi connectivity index (χ0n) is 23.3. The van der Waals surface area contributed by atoms with Gasteiger partial charge >= 0.3 is 0 Å². The summed E-state index contributed by atoms with van der Waals surface area (Å²) >= 11 is 0. The zero-order chi connectivity index (χ0) is 24.9. The molecule has 0 aliphatic heterocycles. The largest absolute Gasteiger partial charge is 0.393 e. The fraction of sp³-hybridized carbons (Fsp3) is 1.00. The van der Waals surface area contributed by atoms with Crippen molar-refractivity contribution in [2.45, 2.75) is 131 Å². The highest BCUT2D eigenvalue weighted by Gasteiger charge is 2.82. The van der Waals surface area contributed by atoms with Crippen molar-refractivity contribution in [1.29, 1.82) is 0 Å². The molecule has 0 heterocycles. The summed E-state index contributed by atoms with van der Waals surface area (Å²) in [6.07, 6.45) is 13.5. The van der Waals surface area contributed by atoms with Crippen LogP contribution < -0.4 is 0 Å². The van der Waals surface area contributed by atoms with E-state index in [9.17, 15) is 15.3 Å². The van der Waals surface area contributed by atoms with Crippen LogP contribution in [0, 0.1) is 56.7 Å². The van der Waals surface area contributed by atoms with Crippen LogP contribution in [0.15, 0.2) is 0 Å². The Kier molecular flexibility index (Phi) is 5.78. The fourth-order valence-corrected chi connectivity index (χ4v) is 11.5. The van der Waals surface area contributed by atoms with Gasteiger partial charge in [0.25, 0.3) is 0 Å². The van der Waals surface area contributed by atoms with Crippen LogP contribution in [-0.4, -0.2) is 33.6 Å². The highest BCUT2D eigenvalue weighted by atomic mass is 16.3. The van der Waals surface area contributed by atoms with Gasteiger partial charge in [0.2, 0.25) is 0 Å². The minimum Gasteiger partial charge on any atom is -0.393 e. The monoisotopic (exact) mass is 474 g/mol. The molecule has 3 heteroatoms. The van der Waals surface area contributed by atoms with Crippen LogP contribution in [0.4, 0.5) is 0 Å². The lowest BCUT2D eigenvalue weighted by molar-refractivity contribution is -0.162. The molecule has 5 aliphatic carbocycles. The van der Waals surface area contributed by atoms with E-state index in [2.05, 4.69) is 34.6 Å². The number of hydrogen-bond donors (Lipinski definition) is 3. The third-order valence-electron chi connectivity index (χ3n) is 14.2. The summed E-state index contributed by atoms with van der Waals surface area (Å²) in [4.78, 5) is 0. The van der Waals surface area contributed by atoms with E-state index < -0.39 is 5.60 Å². The van der Waals surface area contributed by atoms with Gasteiger partial charge in [-0.15, -0.1) is 0 Å². The number of aliphatic hydroxyl groups is 3. The van der Waals surface area contributed by atoms with E-state index in [0.29, 0.717) is 39.9 Å². The van der Waals surface area contributed by atoms with Gasteiger partial charge in [-0.3, -0.25) is 0 Å². The van der Waals surface area contributed by atoms with Crippen LogP contribution in [0.1, 0.15) is 119 Å². The highest BCUT2D eigenvalue weighted by Crippen LogP contribution is 2.89. The Labute approximate surface area is 209 Å². The van der Waals surface area contributed by atoms with Crippen LogP contribution in [0.3, 0.4) is 0 Å². The maximum atomic E-state index is 10.9. The summed E-state index contributed by atoms with van der Waals surface area (Å²) in [6, 6.07) is 0. The van der Waals surface area contributed by atoms with Crippen LogP contribution in [0.5, 0.6) is 0 Å². The van der Waals surface area contributed by atoms with Gasteiger partial charge in [-0.25, -0.2) is 0 Å². The number of fused-ring (bicyclic) bond motifs is 2. The van der Waals surface area contributed by atoms with Crippen molar-refractivity contribution < 1.29 is 15.3 Å². The second kappa shape index (κ2) is 7.70. The lowest BCUT2D eigenvalue weighted by Gasteiger charge is -2.63. The topological polar surface area (TPSA) is 60.7 Å². The lowest BCUT2D eigenvalue weighted by Crippen LogP contribution is -2.57. The first kappa shape index (κ1) is 25.5. The van der Waals surface area contributed by atoms with Gasteiger partial charge in [0.1, 0.15) is 0 Å². The minimum atomic E-state index is -0.940. The average molecular weight is 475 g/mol. The summed E-state index contributed by atoms with van der Waals surface area (Å²) in [6.45, 7) is 16.4. The number of rotatable bonds is 6. The predicted molar refractivity (Wildman–Crippen MR) is 138 cm³/mol. The fourth-order valence-electron chi connectivity index (χ4n) is 11.5. The standard InChI is InChI=1S/C31H54O3/c1-20(2)31(34,19-32)15-10-21(3)22-11-13-28(7)24-9-8-23-26(4,5)25(33)12-14-29(23)18-30(24,29)17-16-27(22,28)6/h20-25,32-34H,8-19H2,1-7H3/t21-,22-,23+,24+,25+,27-,28+,29-,30+,31+/m1/s1. The Morgan fingerprint density at radius 3 is 2.12 bits per heavy atom. The molecule has 5 fully saturated rings. The molecule has 0 amide bonds. The van der Waals surface area contributed by atoms with Gasteiger partial charge in [-0.2, -0.15) is 0 Å². The molecule has 5 aliphatic rings. The van der Waals surface area contributed by atoms with Gasteiger partial charge < -0.3 is 15.3 Å². The van der Waals surface area contributed by atoms with Crippen LogP contribution in [0.25, 0.3) is 0 Å². The number of aliphatic hydroxyl groups excluding tert-OH is 2. The van der Waals surface area contributed by atoms with E-state index in [1.54, 1.807) is 0 Å². The molecule has 196 valence electrons. The molecule has 5 saturated carbocycles. The summed E-state index contributed by atoms with van der Waals surface area (Å²) in [5, 5.41) is 31.7. The normalized spacial score (nSPS) is 51.6. The minimum absolute atomic E-state index is 0.0705. The van der Waals surface area contributed by atoms with Crippen molar-refractivity contribution >= 4 is 0 Å². The maximum Gasteiger partial charge on any atom is 0.0900 e. The van der Waals surface area contributed by atoms with Crippen molar-refractivity contribution in [3.05, 3.63) is 0 Å². The third kappa shape index (κ3) is 2.99. The maximum absolute atomic E-state index is 10.9. The summed E-state index contributed by atoms with van der Waals surface area (Å²) in [5.74, 6) is 2.95. The van der Waals surface area contributed by atoms with Crippen molar-refractivity contribution in [2.75, 3.05) is 6.61 Å². The van der Waals surface area contributed by atoms with E-state index in [1.807, 2.05) is 13.8 Å². The quantitative estimate of drug-likeness (QED) is 0.407. The van der Waals surface area contributed by atoms with Gasteiger partial charge in [0, 0.05) is 0 Å². The Hall–Kier alpha value is -0.120. The van der Waals surface area contributed by atoms with Crippen LogP contribution in [-0.2, 0) is 0 Å². The van der Waals surface area contributed by atoms with E-state index >= 15 is 0 Å². The molecule has 10 atom stereocenters. The molecule has 34 heavy (non-hydrogen) atoms. The highest BCUT2D eigenvalue weighted by molar-refractivity contribution is 5.30. The molecule has 0 radical (unpaired) electrons. The van der Waals surface area contributed by atoms with E-state index in [1.165, 1.54) is 51.4 Å². The predicted octanol–water partition coefficient (Wildman–Crippen LogP) is 6.58. The number of hydrogen-bond acceptors (Lipinski definition) is 3. The molecule has 0 bridgehead atoms. The molecule has 0 aromatic carbocycles. The van der Waals surface area contributed by atoms with Gasteiger partial charge in [0.05, 0.1) is 18.3 Å². The van der Waals surface area contributed by atoms with E-state index in [-0.39, 0.29) is 24.0 Å². The molecule has 3 N–H and O–H groups in total. The third-order valence-corrected chi connectivity index (χ3v) is 14.2.